The smallest absolute Gasteiger partial charge is 0.232 e. The number of rotatable bonds is 5. The zero-order valence-electron chi connectivity index (χ0n) is 11.0. The van der Waals surface area contributed by atoms with Gasteiger partial charge in [-0.3, -0.25) is 4.79 Å². The summed E-state index contributed by atoms with van der Waals surface area (Å²) in [6.07, 6.45) is 1.27. The zero-order valence-corrected chi connectivity index (χ0v) is 11.8. The Kier molecular flexibility index (Phi) is 6.30. The summed E-state index contributed by atoms with van der Waals surface area (Å²) in [5, 5.41) is 0. The summed E-state index contributed by atoms with van der Waals surface area (Å²) >= 11 is 1.67. The quantitative estimate of drug-likeness (QED) is 0.752. The van der Waals surface area contributed by atoms with Gasteiger partial charge in [0.25, 0.3) is 0 Å². The lowest BCUT2D eigenvalue weighted by molar-refractivity contribution is -0.140. The second-order valence-corrected chi connectivity index (χ2v) is 5.98. The molecule has 1 aliphatic heterocycles. The monoisotopic (exact) mass is 260 g/mol. The molecular formula is C12H24N2O2S. The fraction of sp³-hybridized carbons (Fsp3) is 0.917. The van der Waals surface area contributed by atoms with E-state index in [1.165, 1.54) is 0 Å². The lowest BCUT2D eigenvalue weighted by Crippen LogP contribution is -2.48. The van der Waals surface area contributed by atoms with Crippen LogP contribution in [0.4, 0.5) is 0 Å². The zero-order chi connectivity index (χ0) is 12.8. The van der Waals surface area contributed by atoms with E-state index in [9.17, 15) is 4.79 Å². The van der Waals surface area contributed by atoms with E-state index in [4.69, 9.17) is 10.5 Å². The third-order valence-electron chi connectivity index (χ3n) is 2.72. The Labute approximate surface area is 108 Å². The molecule has 3 unspecified atom stereocenters. The average Bonchev–Trinajstić information content (AvgIpc) is 2.22. The van der Waals surface area contributed by atoms with Gasteiger partial charge in [0.05, 0.1) is 18.0 Å². The van der Waals surface area contributed by atoms with Gasteiger partial charge in [0, 0.05) is 19.1 Å². The average molecular weight is 260 g/mol. The van der Waals surface area contributed by atoms with E-state index in [1.54, 1.807) is 11.8 Å². The molecule has 1 aliphatic rings. The highest BCUT2D eigenvalue weighted by atomic mass is 32.2. The Balaban J connectivity index is 2.22. The van der Waals surface area contributed by atoms with Gasteiger partial charge >= 0.3 is 0 Å². The van der Waals surface area contributed by atoms with Crippen molar-refractivity contribution in [3.63, 3.8) is 0 Å². The molecule has 100 valence electrons. The number of carbonyl (C=O) groups excluding carboxylic acids is 1. The summed E-state index contributed by atoms with van der Waals surface area (Å²) in [4.78, 5) is 13.9. The lowest BCUT2D eigenvalue weighted by atomic mass is 10.2. The van der Waals surface area contributed by atoms with Gasteiger partial charge in [-0.2, -0.15) is 11.8 Å². The molecule has 0 aliphatic carbocycles. The Morgan fingerprint density at radius 1 is 1.47 bits per heavy atom. The number of amides is 1. The third kappa shape index (κ3) is 5.75. The van der Waals surface area contributed by atoms with Crippen LogP contribution in [0.3, 0.4) is 0 Å². The maximum Gasteiger partial charge on any atom is 0.232 e. The highest BCUT2D eigenvalue weighted by Crippen LogP contribution is 2.13. The molecule has 0 aromatic rings. The van der Waals surface area contributed by atoms with E-state index in [-0.39, 0.29) is 24.2 Å². The lowest BCUT2D eigenvalue weighted by Gasteiger charge is -2.35. The molecule has 1 saturated heterocycles. The first kappa shape index (κ1) is 14.8. The maximum atomic E-state index is 12.0. The van der Waals surface area contributed by atoms with Gasteiger partial charge in [-0.1, -0.05) is 0 Å². The maximum absolute atomic E-state index is 12.0. The van der Waals surface area contributed by atoms with E-state index in [0.29, 0.717) is 5.75 Å². The summed E-state index contributed by atoms with van der Waals surface area (Å²) in [5.74, 6) is 1.74. The van der Waals surface area contributed by atoms with E-state index in [1.807, 2.05) is 25.7 Å². The first-order chi connectivity index (χ1) is 7.99. The molecule has 1 fully saturated rings. The van der Waals surface area contributed by atoms with Crippen LogP contribution in [0.25, 0.3) is 0 Å². The number of hydrogen-bond donors (Lipinski definition) is 1. The van der Waals surface area contributed by atoms with Crippen molar-refractivity contribution in [2.75, 3.05) is 24.6 Å². The predicted octanol–water partition coefficient (Wildman–Crippen LogP) is 1.09. The van der Waals surface area contributed by atoms with Gasteiger partial charge in [0.15, 0.2) is 0 Å². The van der Waals surface area contributed by atoms with Crippen LogP contribution in [0.1, 0.15) is 27.2 Å². The van der Waals surface area contributed by atoms with Gasteiger partial charge in [-0.25, -0.2) is 0 Å². The van der Waals surface area contributed by atoms with Crippen LogP contribution in [0.5, 0.6) is 0 Å². The van der Waals surface area contributed by atoms with Gasteiger partial charge in [0.1, 0.15) is 0 Å². The molecule has 1 rings (SSSR count). The van der Waals surface area contributed by atoms with E-state index in [2.05, 4.69) is 0 Å². The first-order valence-corrected chi connectivity index (χ1v) is 7.41. The van der Waals surface area contributed by atoms with Gasteiger partial charge in [0.2, 0.25) is 5.91 Å². The minimum absolute atomic E-state index is 0.150. The second-order valence-electron chi connectivity index (χ2n) is 4.87. The minimum atomic E-state index is 0.150. The Bertz CT molecular complexity index is 239. The minimum Gasteiger partial charge on any atom is -0.372 e. The van der Waals surface area contributed by atoms with Crippen molar-refractivity contribution in [1.82, 2.24) is 4.90 Å². The largest absolute Gasteiger partial charge is 0.372 e. The molecule has 17 heavy (non-hydrogen) atoms. The van der Waals surface area contributed by atoms with E-state index in [0.717, 1.165) is 25.3 Å². The number of nitrogens with two attached hydrogens (primary N) is 1. The van der Waals surface area contributed by atoms with Crippen molar-refractivity contribution >= 4 is 17.7 Å². The molecule has 5 heteroatoms. The molecule has 1 heterocycles. The summed E-state index contributed by atoms with van der Waals surface area (Å²) in [6.45, 7) is 7.46. The van der Waals surface area contributed by atoms with Crippen molar-refractivity contribution in [1.29, 1.82) is 0 Å². The number of thioether (sulfide) groups is 1. The highest BCUT2D eigenvalue weighted by Gasteiger charge is 2.25. The molecule has 0 aromatic carbocycles. The Morgan fingerprint density at radius 3 is 2.59 bits per heavy atom. The number of nitrogens with zero attached hydrogens (tertiary/aromatic N) is 1. The van der Waals surface area contributed by atoms with Crippen LogP contribution >= 0.6 is 11.8 Å². The van der Waals surface area contributed by atoms with Gasteiger partial charge < -0.3 is 15.4 Å². The van der Waals surface area contributed by atoms with E-state index < -0.39 is 0 Å². The van der Waals surface area contributed by atoms with Crippen LogP contribution in [-0.2, 0) is 9.53 Å². The molecular weight excluding hydrogens is 236 g/mol. The number of ether oxygens (including phenoxy) is 1. The number of hydrogen-bond acceptors (Lipinski definition) is 4. The van der Waals surface area contributed by atoms with Crippen LogP contribution < -0.4 is 5.73 Å². The summed E-state index contributed by atoms with van der Waals surface area (Å²) in [7, 11) is 0. The van der Waals surface area contributed by atoms with Crippen molar-refractivity contribution in [2.45, 2.75) is 45.4 Å². The molecule has 1 amide bonds. The van der Waals surface area contributed by atoms with Crippen molar-refractivity contribution < 1.29 is 9.53 Å². The molecule has 4 nitrogen and oxygen atoms in total. The molecule has 2 N–H and O–H groups in total. The van der Waals surface area contributed by atoms with Crippen LogP contribution in [0.15, 0.2) is 0 Å². The summed E-state index contributed by atoms with van der Waals surface area (Å²) in [5.41, 5.74) is 5.66. The van der Waals surface area contributed by atoms with Gasteiger partial charge in [-0.05, 0) is 32.9 Å². The molecule has 3 atom stereocenters. The number of morpholine rings is 1. The van der Waals surface area contributed by atoms with Crippen molar-refractivity contribution in [3.8, 4) is 0 Å². The van der Waals surface area contributed by atoms with Crippen LogP contribution in [0, 0.1) is 0 Å². The van der Waals surface area contributed by atoms with Gasteiger partial charge in [-0.15, -0.1) is 0 Å². The standard InChI is InChI=1S/C12H24N2O2S/c1-9(13)4-5-17-8-12(15)14-6-10(2)16-11(3)7-14/h9-11H,4-8,13H2,1-3H3. The van der Waals surface area contributed by atoms with Crippen LogP contribution in [0.2, 0.25) is 0 Å². The highest BCUT2D eigenvalue weighted by molar-refractivity contribution is 7.99. The fourth-order valence-electron chi connectivity index (χ4n) is 1.90. The molecule has 0 radical (unpaired) electrons. The van der Waals surface area contributed by atoms with E-state index >= 15 is 0 Å². The Morgan fingerprint density at radius 2 is 2.06 bits per heavy atom. The normalized spacial score (nSPS) is 26.9. The number of carbonyl (C=O) groups is 1. The topological polar surface area (TPSA) is 55.6 Å². The molecule has 0 saturated carbocycles. The second kappa shape index (κ2) is 7.24. The summed E-state index contributed by atoms with van der Waals surface area (Å²) in [6, 6.07) is 0.223. The first-order valence-electron chi connectivity index (χ1n) is 6.25. The molecule has 0 spiro atoms. The van der Waals surface area contributed by atoms with Crippen LogP contribution in [-0.4, -0.2) is 53.7 Å². The fourth-order valence-corrected chi connectivity index (χ4v) is 2.94. The summed E-state index contributed by atoms with van der Waals surface area (Å²) < 4.78 is 5.61. The third-order valence-corrected chi connectivity index (χ3v) is 3.69. The SMILES string of the molecule is CC(N)CCSCC(=O)N1CC(C)OC(C)C1. The van der Waals surface area contributed by atoms with Crippen molar-refractivity contribution in [2.24, 2.45) is 5.73 Å². The molecule has 0 bridgehead atoms. The molecule has 0 aromatic heterocycles. The van der Waals surface area contributed by atoms with Crippen molar-refractivity contribution in [3.05, 3.63) is 0 Å². The Hall–Kier alpha value is -0.260. The predicted molar refractivity (Wildman–Crippen MR) is 72.2 cm³/mol.